The van der Waals surface area contributed by atoms with E-state index in [1.165, 1.54) is 0 Å². The van der Waals surface area contributed by atoms with Crippen LogP contribution in [0.2, 0.25) is 10.0 Å². The van der Waals surface area contributed by atoms with Crippen LogP contribution in [0.3, 0.4) is 0 Å². The average molecular weight is 555 g/mol. The van der Waals surface area contributed by atoms with E-state index in [-0.39, 0.29) is 30.2 Å². The number of fused-ring (bicyclic) bond motifs is 1. The Bertz CT molecular complexity index is 1320. The van der Waals surface area contributed by atoms with Crippen LogP contribution in [-0.2, 0) is 21.1 Å². The van der Waals surface area contributed by atoms with Crippen molar-refractivity contribution < 1.29 is 22.7 Å². The molecule has 1 fully saturated rings. The average Bonchev–Trinajstić information content (AvgIpc) is 3.07. The lowest BCUT2D eigenvalue weighted by molar-refractivity contribution is 0.0167. The second kappa shape index (κ2) is 9.79. The van der Waals surface area contributed by atoms with Crippen molar-refractivity contribution in [3.63, 3.8) is 0 Å². The van der Waals surface area contributed by atoms with Gasteiger partial charge in [0.15, 0.2) is 0 Å². The summed E-state index contributed by atoms with van der Waals surface area (Å²) >= 11 is 12.4. The molecule has 9 nitrogen and oxygen atoms in total. The van der Waals surface area contributed by atoms with Crippen molar-refractivity contribution in [2.45, 2.75) is 50.9 Å². The van der Waals surface area contributed by atoms with Gasteiger partial charge in [-0.15, -0.1) is 0 Å². The van der Waals surface area contributed by atoms with E-state index in [2.05, 4.69) is 9.97 Å². The first-order valence-corrected chi connectivity index (χ1v) is 14.2. The molecule has 12 heteroatoms. The van der Waals surface area contributed by atoms with Gasteiger partial charge in [0.2, 0.25) is 15.0 Å². The summed E-state index contributed by atoms with van der Waals surface area (Å²) in [5.41, 5.74) is 0.821. The van der Waals surface area contributed by atoms with Crippen molar-refractivity contribution in [2.75, 3.05) is 25.9 Å². The highest BCUT2D eigenvalue weighted by atomic mass is 35.5. The van der Waals surface area contributed by atoms with Gasteiger partial charge >= 0.3 is 6.09 Å². The monoisotopic (exact) mass is 554 g/mol. The molecule has 0 saturated carbocycles. The lowest BCUT2D eigenvalue weighted by Gasteiger charge is -2.34. The second-order valence-electron chi connectivity index (χ2n) is 10.2. The maximum Gasteiger partial charge on any atom is 0.410 e. The smallest absolute Gasteiger partial charge is 0.410 e. The molecule has 2 aliphatic heterocycles. The normalized spacial score (nSPS) is 16.9. The molecule has 1 saturated heterocycles. The minimum absolute atomic E-state index is 0.0673. The molecule has 0 atom stereocenters. The van der Waals surface area contributed by atoms with E-state index in [0.29, 0.717) is 46.5 Å². The van der Waals surface area contributed by atoms with E-state index in [9.17, 15) is 18.0 Å². The number of nitrogens with zero attached hydrogens (tertiary/aromatic N) is 4. The van der Waals surface area contributed by atoms with Gasteiger partial charge in [0.1, 0.15) is 11.3 Å². The molecule has 0 unspecified atom stereocenters. The molecule has 0 N–H and O–H groups in total. The van der Waals surface area contributed by atoms with Crippen LogP contribution in [0.5, 0.6) is 0 Å². The topological polar surface area (TPSA) is 110 Å². The Labute approximate surface area is 220 Å². The van der Waals surface area contributed by atoms with Gasteiger partial charge in [-0.3, -0.25) is 4.79 Å². The van der Waals surface area contributed by atoms with Crippen LogP contribution in [0.25, 0.3) is 11.3 Å². The van der Waals surface area contributed by atoms with Crippen molar-refractivity contribution in [1.82, 2.24) is 19.8 Å². The molecule has 3 heterocycles. The summed E-state index contributed by atoms with van der Waals surface area (Å²) in [7, 11) is -3.78. The van der Waals surface area contributed by atoms with Gasteiger partial charge in [-0.1, -0.05) is 23.2 Å². The van der Waals surface area contributed by atoms with Gasteiger partial charge in [0, 0.05) is 42.0 Å². The molecule has 4 rings (SSSR count). The first kappa shape index (κ1) is 26.6. The van der Waals surface area contributed by atoms with Gasteiger partial charge < -0.3 is 14.5 Å². The maximum atomic E-state index is 13.3. The van der Waals surface area contributed by atoms with Crippen molar-refractivity contribution in [2.24, 2.45) is 5.92 Å². The molecule has 2 aliphatic rings. The number of benzene rings is 1. The van der Waals surface area contributed by atoms with Crippen LogP contribution in [0, 0.1) is 5.92 Å². The minimum atomic E-state index is -3.78. The number of carbonyl (C=O) groups is 2. The molecule has 194 valence electrons. The summed E-state index contributed by atoms with van der Waals surface area (Å²) in [5.74, 6) is -0.176. The third-order valence-electron chi connectivity index (χ3n) is 6.09. The van der Waals surface area contributed by atoms with Gasteiger partial charge in [0.05, 0.1) is 17.3 Å². The Kier molecular flexibility index (Phi) is 7.24. The molecule has 1 aromatic carbocycles. The Morgan fingerprint density at radius 1 is 1.14 bits per heavy atom. The molecule has 0 radical (unpaired) electrons. The summed E-state index contributed by atoms with van der Waals surface area (Å²) in [6.07, 6.45) is 2.10. The molecule has 2 amide bonds. The fourth-order valence-electron chi connectivity index (χ4n) is 4.36. The molecule has 1 aromatic heterocycles. The summed E-state index contributed by atoms with van der Waals surface area (Å²) in [6, 6.07) is 4.82. The number of aromatic nitrogens is 2. The third kappa shape index (κ3) is 5.76. The molecule has 0 spiro atoms. The molecule has 36 heavy (non-hydrogen) atoms. The van der Waals surface area contributed by atoms with Gasteiger partial charge in [0.25, 0.3) is 5.91 Å². The quantitative estimate of drug-likeness (QED) is 0.513. The molecule has 0 aliphatic carbocycles. The van der Waals surface area contributed by atoms with E-state index in [0.717, 1.165) is 19.1 Å². The van der Waals surface area contributed by atoms with E-state index >= 15 is 0 Å². The Morgan fingerprint density at radius 3 is 2.36 bits per heavy atom. The van der Waals surface area contributed by atoms with Crippen LogP contribution in [0.15, 0.2) is 23.4 Å². The van der Waals surface area contributed by atoms with Crippen molar-refractivity contribution in [3.8, 4) is 11.3 Å². The molecular weight excluding hydrogens is 527 g/mol. The Hall–Kier alpha value is -2.43. The van der Waals surface area contributed by atoms with Crippen LogP contribution in [0.1, 0.15) is 49.7 Å². The number of hydrogen-bond acceptors (Lipinski definition) is 7. The summed E-state index contributed by atoms with van der Waals surface area (Å²) < 4.78 is 30.0. The number of amides is 2. The number of piperidine rings is 1. The zero-order chi connectivity index (χ0) is 26.4. The fourth-order valence-corrected chi connectivity index (χ4v) is 5.37. The van der Waals surface area contributed by atoms with Crippen molar-refractivity contribution >= 4 is 45.0 Å². The zero-order valence-corrected chi connectivity index (χ0v) is 22.9. The predicted molar refractivity (Wildman–Crippen MR) is 136 cm³/mol. The molecule has 0 bridgehead atoms. The number of likely N-dealkylation sites (tertiary alicyclic amines) is 1. The van der Waals surface area contributed by atoms with E-state index in [1.807, 2.05) is 20.8 Å². The first-order chi connectivity index (χ1) is 16.7. The summed E-state index contributed by atoms with van der Waals surface area (Å²) in [5, 5.41) is 0.291. The zero-order valence-electron chi connectivity index (χ0n) is 20.5. The summed E-state index contributed by atoms with van der Waals surface area (Å²) in [6.45, 7) is 7.27. The number of carbonyl (C=O) groups excluding carboxylic acids is 2. The molecule has 2 aromatic rings. The number of ether oxygens (including phenoxy) is 1. The van der Waals surface area contributed by atoms with Crippen molar-refractivity contribution in [1.29, 1.82) is 0 Å². The first-order valence-electron chi connectivity index (χ1n) is 11.6. The van der Waals surface area contributed by atoms with Gasteiger partial charge in [-0.05, 0) is 57.7 Å². The third-order valence-corrected chi connectivity index (χ3v) is 7.48. The van der Waals surface area contributed by atoms with Gasteiger partial charge in [-0.25, -0.2) is 23.2 Å². The fraction of sp³-hybridized carbons (Fsp3) is 0.500. The summed E-state index contributed by atoms with van der Waals surface area (Å²) in [4.78, 5) is 37.4. The predicted octanol–water partition coefficient (Wildman–Crippen LogP) is 4.46. The second-order valence-corrected chi connectivity index (χ2v) is 12.9. The highest BCUT2D eigenvalue weighted by Crippen LogP contribution is 2.36. The lowest BCUT2D eigenvalue weighted by atomic mass is 9.96. The molecular formula is C24H28Cl2N4O5S. The van der Waals surface area contributed by atoms with Crippen LogP contribution >= 0.6 is 23.2 Å². The van der Waals surface area contributed by atoms with Crippen molar-refractivity contribution in [3.05, 3.63) is 39.5 Å². The highest BCUT2D eigenvalue weighted by molar-refractivity contribution is 7.90. The maximum absolute atomic E-state index is 13.3. The lowest BCUT2D eigenvalue weighted by Crippen LogP contribution is -2.43. The van der Waals surface area contributed by atoms with Crippen LogP contribution < -0.4 is 0 Å². The SMILES string of the molecule is CC(C)(C)OC(=O)N1CCC(CN2Cc3c(nc(S(C)(=O)=O)nc3-c3ccc(Cl)cc3Cl)C2=O)CC1. The highest BCUT2D eigenvalue weighted by Gasteiger charge is 2.37. The van der Waals surface area contributed by atoms with E-state index in [1.54, 1.807) is 28.0 Å². The Morgan fingerprint density at radius 2 is 1.78 bits per heavy atom. The number of hydrogen-bond donors (Lipinski definition) is 0. The Balaban J connectivity index is 1.55. The van der Waals surface area contributed by atoms with Gasteiger partial charge in [-0.2, -0.15) is 0 Å². The largest absolute Gasteiger partial charge is 0.444 e. The number of halogens is 2. The van der Waals surface area contributed by atoms with Crippen LogP contribution in [-0.4, -0.2) is 71.7 Å². The van der Waals surface area contributed by atoms with Crippen LogP contribution in [0.4, 0.5) is 4.79 Å². The number of rotatable bonds is 4. The minimum Gasteiger partial charge on any atom is -0.444 e. The van der Waals surface area contributed by atoms with E-state index in [4.69, 9.17) is 27.9 Å². The standard InChI is InChI=1S/C24H28Cl2N4O5S/c1-24(2,3)35-23(32)29-9-7-14(8-10-29)12-30-13-17-19(16-6-5-15(25)11-18(16)26)27-22(36(4,33)34)28-20(17)21(30)31/h5-6,11,14H,7-10,12-13H2,1-4H3. The number of sulfone groups is 1. The van der Waals surface area contributed by atoms with E-state index < -0.39 is 20.6 Å².